The molecule has 0 spiro atoms. The summed E-state index contributed by atoms with van der Waals surface area (Å²) in [4.78, 5) is 30.8. The summed E-state index contributed by atoms with van der Waals surface area (Å²) in [6, 6.07) is 6.63. The van der Waals surface area contributed by atoms with E-state index < -0.39 is 11.2 Å². The second-order valence-electron chi connectivity index (χ2n) is 5.96. The highest BCUT2D eigenvalue weighted by atomic mass is 16.3. The van der Waals surface area contributed by atoms with E-state index in [9.17, 15) is 14.7 Å². The van der Waals surface area contributed by atoms with Crippen molar-refractivity contribution >= 4 is 22.8 Å². The Bertz CT molecular complexity index is 1150. The predicted octanol–water partition coefficient (Wildman–Crippen LogP) is 1.54. The number of hydrogen-bond acceptors (Lipinski definition) is 6. The Labute approximate surface area is 154 Å². The molecule has 0 amide bonds. The van der Waals surface area contributed by atoms with Gasteiger partial charge >= 0.3 is 5.69 Å². The number of aromatic amines is 1. The van der Waals surface area contributed by atoms with Gasteiger partial charge in [-0.25, -0.2) is 10.2 Å². The monoisotopic (exact) mass is 368 g/mol. The molecular weight excluding hydrogens is 348 g/mol. The van der Waals surface area contributed by atoms with E-state index in [4.69, 9.17) is 0 Å². The van der Waals surface area contributed by atoms with Crippen LogP contribution in [0.3, 0.4) is 0 Å². The highest BCUT2D eigenvalue weighted by Gasteiger charge is 2.16. The number of benzene rings is 1. The van der Waals surface area contributed by atoms with E-state index in [2.05, 4.69) is 20.5 Å². The molecule has 0 saturated heterocycles. The average Bonchev–Trinajstić information content (AvgIpc) is 3.02. The zero-order chi connectivity index (χ0) is 19.6. The molecule has 0 fully saturated rings. The van der Waals surface area contributed by atoms with Crippen molar-refractivity contribution < 1.29 is 5.11 Å². The van der Waals surface area contributed by atoms with Crippen LogP contribution in [-0.4, -0.2) is 29.9 Å². The molecule has 3 rings (SSSR count). The largest absolute Gasteiger partial charge is 0.508 e. The van der Waals surface area contributed by atoms with Crippen LogP contribution in [0.15, 0.2) is 51.1 Å². The zero-order valence-corrected chi connectivity index (χ0v) is 15.2. The molecule has 0 bridgehead atoms. The number of phenolic OH excluding ortho intramolecular Hbond substituents is 1. The van der Waals surface area contributed by atoms with E-state index in [0.717, 1.165) is 5.56 Å². The molecule has 0 atom stereocenters. The number of anilines is 1. The van der Waals surface area contributed by atoms with Gasteiger partial charge in [-0.05, 0) is 43.7 Å². The van der Waals surface area contributed by atoms with E-state index in [1.807, 2.05) is 19.1 Å². The van der Waals surface area contributed by atoms with Crippen LogP contribution in [0.4, 0.5) is 5.95 Å². The molecule has 0 saturated carbocycles. The maximum Gasteiger partial charge on any atom is 0.329 e. The zero-order valence-electron chi connectivity index (χ0n) is 15.2. The molecule has 9 heteroatoms. The highest BCUT2D eigenvalue weighted by molar-refractivity contribution is 5.99. The van der Waals surface area contributed by atoms with Crippen LogP contribution in [-0.2, 0) is 13.6 Å². The standard InChI is InChI=1S/C18H20N6O3/c1-4-5-10-24-14-15(23(3)18(27)20-16(14)26)19-17(24)22-21-11(2)12-6-8-13(25)9-7-12/h4-9,25H,10H2,1-3H3,(H,19,22)(H,20,26,27)/b5-4?,21-11+. The number of aromatic hydroxyl groups is 1. The molecule has 0 unspecified atom stereocenters. The molecule has 27 heavy (non-hydrogen) atoms. The Kier molecular flexibility index (Phi) is 4.93. The van der Waals surface area contributed by atoms with Gasteiger partial charge < -0.3 is 5.11 Å². The Morgan fingerprint density at radius 3 is 2.70 bits per heavy atom. The smallest absolute Gasteiger partial charge is 0.329 e. The van der Waals surface area contributed by atoms with Gasteiger partial charge in [-0.1, -0.05) is 12.2 Å². The van der Waals surface area contributed by atoms with Crippen molar-refractivity contribution in [3.8, 4) is 5.75 Å². The Morgan fingerprint density at radius 2 is 2.04 bits per heavy atom. The van der Waals surface area contributed by atoms with Gasteiger partial charge in [0, 0.05) is 13.6 Å². The summed E-state index contributed by atoms with van der Waals surface area (Å²) in [6.45, 7) is 4.07. The molecular formula is C18H20N6O3. The van der Waals surface area contributed by atoms with Crippen molar-refractivity contribution in [2.45, 2.75) is 20.4 Å². The fourth-order valence-electron chi connectivity index (χ4n) is 2.61. The quantitative estimate of drug-likeness (QED) is 0.359. The predicted molar refractivity (Wildman–Crippen MR) is 104 cm³/mol. The number of aryl methyl sites for hydroxylation is 1. The first-order valence-corrected chi connectivity index (χ1v) is 8.32. The van der Waals surface area contributed by atoms with Crippen molar-refractivity contribution in [2.75, 3.05) is 5.43 Å². The van der Waals surface area contributed by atoms with E-state index in [1.165, 1.54) is 4.57 Å². The van der Waals surface area contributed by atoms with Gasteiger partial charge in [0.1, 0.15) is 5.75 Å². The minimum Gasteiger partial charge on any atom is -0.508 e. The molecule has 3 N–H and O–H groups in total. The minimum atomic E-state index is -0.529. The minimum absolute atomic E-state index is 0.174. The Hall–Kier alpha value is -3.62. The number of nitrogens with zero attached hydrogens (tertiary/aromatic N) is 4. The maximum absolute atomic E-state index is 12.3. The first-order valence-electron chi connectivity index (χ1n) is 8.32. The number of phenols is 1. The van der Waals surface area contributed by atoms with Crippen LogP contribution in [0.5, 0.6) is 5.75 Å². The average molecular weight is 368 g/mol. The fourth-order valence-corrected chi connectivity index (χ4v) is 2.61. The molecule has 0 aliphatic rings. The third-order valence-corrected chi connectivity index (χ3v) is 4.14. The highest BCUT2D eigenvalue weighted by Crippen LogP contribution is 2.16. The number of rotatable bonds is 5. The van der Waals surface area contributed by atoms with Gasteiger partial charge in [-0.2, -0.15) is 10.1 Å². The van der Waals surface area contributed by atoms with Gasteiger partial charge in [0.2, 0.25) is 5.95 Å². The van der Waals surface area contributed by atoms with Gasteiger partial charge in [-0.15, -0.1) is 0 Å². The first-order chi connectivity index (χ1) is 12.9. The molecule has 0 radical (unpaired) electrons. The maximum atomic E-state index is 12.3. The summed E-state index contributed by atoms with van der Waals surface area (Å²) in [5.41, 5.74) is 3.89. The molecule has 9 nitrogen and oxygen atoms in total. The SMILES string of the molecule is CC=CCn1c(N/N=C(\C)c2ccc(O)cc2)nc2c1c(=O)[nH]c(=O)n2C. The number of H-pyrrole nitrogens is 1. The number of fused-ring (bicyclic) bond motifs is 1. The van der Waals surface area contributed by atoms with Gasteiger partial charge in [0.25, 0.3) is 5.56 Å². The van der Waals surface area contributed by atoms with E-state index in [1.54, 1.807) is 42.8 Å². The summed E-state index contributed by atoms with van der Waals surface area (Å²) in [5.74, 6) is 0.515. The number of imidazole rings is 1. The summed E-state index contributed by atoms with van der Waals surface area (Å²) in [6.07, 6.45) is 3.73. The van der Waals surface area contributed by atoms with Gasteiger partial charge in [0.15, 0.2) is 11.2 Å². The summed E-state index contributed by atoms with van der Waals surface area (Å²) < 4.78 is 2.94. The number of hydrazone groups is 1. The van der Waals surface area contributed by atoms with Crippen LogP contribution < -0.4 is 16.7 Å². The van der Waals surface area contributed by atoms with Gasteiger partial charge in [-0.3, -0.25) is 18.9 Å². The second kappa shape index (κ2) is 7.32. The molecule has 0 aliphatic carbocycles. The van der Waals surface area contributed by atoms with Crippen molar-refractivity contribution in [1.82, 2.24) is 19.1 Å². The number of allylic oxidation sites excluding steroid dienone is 2. The molecule has 1 aromatic carbocycles. The topological polar surface area (TPSA) is 117 Å². The Morgan fingerprint density at radius 1 is 1.33 bits per heavy atom. The van der Waals surface area contributed by atoms with E-state index in [0.29, 0.717) is 18.2 Å². The van der Waals surface area contributed by atoms with Crippen LogP contribution in [0.1, 0.15) is 19.4 Å². The lowest BCUT2D eigenvalue weighted by atomic mass is 10.1. The summed E-state index contributed by atoms with van der Waals surface area (Å²) in [7, 11) is 1.54. The van der Waals surface area contributed by atoms with Crippen LogP contribution in [0.25, 0.3) is 11.2 Å². The molecule has 140 valence electrons. The first kappa shape index (κ1) is 18.2. The lowest BCUT2D eigenvalue weighted by Gasteiger charge is -2.06. The normalized spacial score (nSPS) is 12.2. The van der Waals surface area contributed by atoms with Crippen molar-refractivity contribution in [3.05, 3.63) is 62.8 Å². The van der Waals surface area contributed by atoms with E-state index in [-0.39, 0.29) is 16.9 Å². The summed E-state index contributed by atoms with van der Waals surface area (Å²) >= 11 is 0. The van der Waals surface area contributed by atoms with Crippen LogP contribution in [0, 0.1) is 0 Å². The van der Waals surface area contributed by atoms with Crippen LogP contribution in [0.2, 0.25) is 0 Å². The lowest BCUT2D eigenvalue weighted by molar-refractivity contribution is 0.475. The fraction of sp³-hybridized carbons (Fsp3) is 0.222. The number of hydrogen-bond donors (Lipinski definition) is 3. The number of nitrogens with one attached hydrogen (secondary N) is 2. The Balaban J connectivity index is 2.07. The number of aromatic nitrogens is 4. The van der Waals surface area contributed by atoms with Crippen molar-refractivity contribution in [2.24, 2.45) is 12.1 Å². The molecule has 3 aromatic rings. The van der Waals surface area contributed by atoms with Crippen molar-refractivity contribution in [1.29, 1.82) is 0 Å². The third kappa shape index (κ3) is 3.52. The molecule has 0 aliphatic heterocycles. The molecule has 2 heterocycles. The lowest BCUT2D eigenvalue weighted by Crippen LogP contribution is -2.29. The van der Waals surface area contributed by atoms with Crippen LogP contribution >= 0.6 is 0 Å². The summed E-state index contributed by atoms with van der Waals surface area (Å²) in [5, 5.41) is 13.7. The molecule has 2 aromatic heterocycles. The van der Waals surface area contributed by atoms with E-state index >= 15 is 0 Å². The third-order valence-electron chi connectivity index (χ3n) is 4.14. The van der Waals surface area contributed by atoms with Crippen molar-refractivity contribution in [3.63, 3.8) is 0 Å². The second-order valence-corrected chi connectivity index (χ2v) is 5.96. The van der Waals surface area contributed by atoms with Gasteiger partial charge in [0.05, 0.1) is 5.71 Å².